The molecule has 0 aliphatic carbocycles. The van der Waals surface area contributed by atoms with Crippen molar-refractivity contribution in [2.75, 3.05) is 19.0 Å². The van der Waals surface area contributed by atoms with Gasteiger partial charge >= 0.3 is 6.18 Å². The minimum Gasteiger partial charge on any atom is -0.383 e. The lowest BCUT2D eigenvalue weighted by molar-refractivity contribution is -0.137. The lowest BCUT2D eigenvalue weighted by Gasteiger charge is -2.21. The van der Waals surface area contributed by atoms with E-state index in [0.717, 1.165) is 12.3 Å². The topological polar surface area (TPSA) is 81.3 Å². The van der Waals surface area contributed by atoms with Crippen molar-refractivity contribution in [2.45, 2.75) is 32.4 Å². The van der Waals surface area contributed by atoms with Gasteiger partial charge in [0.2, 0.25) is 0 Å². The fraction of sp³-hybridized carbons (Fsp3) is 0.318. The molecular formula is C22H20F4N4O2. The summed E-state index contributed by atoms with van der Waals surface area (Å²) in [5.41, 5.74) is 7.61. The molecule has 1 amide bonds. The number of halogens is 4. The molecule has 10 heteroatoms. The van der Waals surface area contributed by atoms with E-state index in [1.807, 2.05) is 0 Å². The number of hydrogen-bond acceptors (Lipinski definition) is 5. The zero-order valence-electron chi connectivity index (χ0n) is 17.1. The SMILES string of the molecule is CCN(Cc1ccc(C(F)(F)F)cn1)C(=O)c1ccc2nc(N)c3c(c2c1)CO[C@H]3CF. The maximum absolute atomic E-state index is 13.3. The summed E-state index contributed by atoms with van der Waals surface area (Å²) < 4.78 is 57.0. The number of hydrogen-bond donors (Lipinski definition) is 1. The average molecular weight is 448 g/mol. The van der Waals surface area contributed by atoms with Crippen LogP contribution in [0.15, 0.2) is 36.5 Å². The number of nitrogen functional groups attached to an aromatic ring is 1. The molecule has 0 bridgehead atoms. The second-order valence-electron chi connectivity index (χ2n) is 7.43. The van der Waals surface area contributed by atoms with Crippen LogP contribution in [0.3, 0.4) is 0 Å². The van der Waals surface area contributed by atoms with E-state index >= 15 is 0 Å². The fourth-order valence-corrected chi connectivity index (χ4v) is 3.79. The number of carbonyl (C=O) groups is 1. The molecule has 1 atom stereocenters. The Kier molecular flexibility index (Phi) is 5.72. The predicted molar refractivity (Wildman–Crippen MR) is 109 cm³/mol. The minimum absolute atomic E-state index is 0.0522. The molecule has 1 aliphatic heterocycles. The number of rotatable bonds is 5. The van der Waals surface area contributed by atoms with Crippen LogP contribution in [0.5, 0.6) is 0 Å². The summed E-state index contributed by atoms with van der Waals surface area (Å²) >= 11 is 0. The summed E-state index contributed by atoms with van der Waals surface area (Å²) in [6.45, 7) is 1.58. The van der Waals surface area contributed by atoms with Crippen molar-refractivity contribution in [3.05, 3.63) is 64.5 Å². The van der Waals surface area contributed by atoms with Gasteiger partial charge in [0.15, 0.2) is 0 Å². The molecule has 32 heavy (non-hydrogen) atoms. The van der Waals surface area contributed by atoms with E-state index in [1.54, 1.807) is 25.1 Å². The van der Waals surface area contributed by atoms with Crippen molar-refractivity contribution in [3.63, 3.8) is 0 Å². The number of alkyl halides is 4. The molecule has 0 saturated heterocycles. The van der Waals surface area contributed by atoms with Gasteiger partial charge in [0.25, 0.3) is 5.91 Å². The van der Waals surface area contributed by atoms with Gasteiger partial charge in [-0.1, -0.05) is 0 Å². The van der Waals surface area contributed by atoms with Crippen LogP contribution in [-0.4, -0.2) is 34.0 Å². The van der Waals surface area contributed by atoms with Crippen LogP contribution in [0.25, 0.3) is 10.9 Å². The van der Waals surface area contributed by atoms with Gasteiger partial charge in [-0.3, -0.25) is 9.78 Å². The quantitative estimate of drug-likeness (QED) is 0.584. The Morgan fingerprint density at radius 1 is 1.28 bits per heavy atom. The van der Waals surface area contributed by atoms with E-state index < -0.39 is 24.5 Å². The van der Waals surface area contributed by atoms with Gasteiger partial charge in [-0.25, -0.2) is 9.37 Å². The number of nitrogens with zero attached hydrogens (tertiary/aromatic N) is 3. The van der Waals surface area contributed by atoms with Gasteiger partial charge in [0.05, 0.1) is 29.9 Å². The Morgan fingerprint density at radius 3 is 2.69 bits per heavy atom. The summed E-state index contributed by atoms with van der Waals surface area (Å²) in [7, 11) is 0. The van der Waals surface area contributed by atoms with Crippen molar-refractivity contribution in [1.82, 2.24) is 14.9 Å². The molecule has 0 unspecified atom stereocenters. The first-order chi connectivity index (χ1) is 15.2. The minimum atomic E-state index is -4.47. The number of amides is 1. The van der Waals surface area contributed by atoms with Crippen LogP contribution >= 0.6 is 0 Å². The zero-order chi connectivity index (χ0) is 23.0. The van der Waals surface area contributed by atoms with Gasteiger partial charge in [-0.15, -0.1) is 0 Å². The van der Waals surface area contributed by atoms with Gasteiger partial charge in [-0.2, -0.15) is 13.2 Å². The Labute approximate surface area is 181 Å². The van der Waals surface area contributed by atoms with E-state index in [2.05, 4.69) is 9.97 Å². The van der Waals surface area contributed by atoms with Crippen LogP contribution in [0.1, 0.15) is 45.8 Å². The third-order valence-corrected chi connectivity index (χ3v) is 5.48. The maximum Gasteiger partial charge on any atom is 0.417 e. The molecule has 2 aromatic heterocycles. The summed E-state index contributed by atoms with van der Waals surface area (Å²) in [6.07, 6.45) is -4.50. The average Bonchev–Trinajstić information content (AvgIpc) is 3.22. The number of nitrogens with two attached hydrogens (primary N) is 1. The Bertz CT molecular complexity index is 1170. The first-order valence-corrected chi connectivity index (χ1v) is 9.93. The Hall–Kier alpha value is -3.27. The second-order valence-corrected chi connectivity index (χ2v) is 7.43. The fourth-order valence-electron chi connectivity index (χ4n) is 3.79. The van der Waals surface area contributed by atoms with E-state index in [9.17, 15) is 22.4 Å². The molecule has 3 heterocycles. The van der Waals surface area contributed by atoms with Gasteiger partial charge in [0.1, 0.15) is 18.6 Å². The maximum atomic E-state index is 13.3. The van der Waals surface area contributed by atoms with Crippen molar-refractivity contribution < 1.29 is 27.1 Å². The third kappa shape index (κ3) is 3.97. The number of carbonyl (C=O) groups excluding carboxylic acids is 1. The number of ether oxygens (including phenoxy) is 1. The molecule has 4 rings (SSSR count). The summed E-state index contributed by atoms with van der Waals surface area (Å²) in [4.78, 5) is 22.7. The summed E-state index contributed by atoms with van der Waals surface area (Å²) in [5, 5.41) is 0.653. The Balaban J connectivity index is 1.63. The molecule has 0 saturated carbocycles. The molecule has 1 aromatic carbocycles. The van der Waals surface area contributed by atoms with Crippen molar-refractivity contribution in [2.24, 2.45) is 0 Å². The number of pyridine rings is 2. The van der Waals surface area contributed by atoms with E-state index in [-0.39, 0.29) is 24.9 Å². The van der Waals surface area contributed by atoms with Crippen LogP contribution in [-0.2, 0) is 24.1 Å². The molecule has 0 spiro atoms. The van der Waals surface area contributed by atoms with Gasteiger partial charge in [-0.05, 0) is 42.8 Å². The highest BCUT2D eigenvalue weighted by molar-refractivity contribution is 5.99. The van der Waals surface area contributed by atoms with Crippen LogP contribution in [0.4, 0.5) is 23.4 Å². The van der Waals surface area contributed by atoms with Crippen molar-refractivity contribution >= 4 is 22.6 Å². The number of aromatic nitrogens is 2. The zero-order valence-corrected chi connectivity index (χ0v) is 17.1. The highest BCUT2D eigenvalue weighted by Crippen LogP contribution is 2.38. The number of anilines is 1. The van der Waals surface area contributed by atoms with Crippen molar-refractivity contribution in [3.8, 4) is 0 Å². The van der Waals surface area contributed by atoms with Gasteiger partial charge < -0.3 is 15.4 Å². The monoisotopic (exact) mass is 448 g/mol. The molecular weight excluding hydrogens is 428 g/mol. The Morgan fingerprint density at radius 2 is 2.06 bits per heavy atom. The predicted octanol–water partition coefficient (Wildman–Crippen LogP) is 4.43. The van der Waals surface area contributed by atoms with Crippen LogP contribution in [0, 0.1) is 0 Å². The molecule has 0 radical (unpaired) electrons. The van der Waals surface area contributed by atoms with Crippen LogP contribution in [0.2, 0.25) is 0 Å². The molecule has 168 valence electrons. The van der Waals surface area contributed by atoms with E-state index in [0.29, 0.717) is 39.8 Å². The first-order valence-electron chi connectivity index (χ1n) is 9.93. The molecule has 3 aromatic rings. The highest BCUT2D eigenvalue weighted by atomic mass is 19.4. The molecule has 6 nitrogen and oxygen atoms in total. The lowest BCUT2D eigenvalue weighted by atomic mass is 10.00. The van der Waals surface area contributed by atoms with E-state index in [1.165, 1.54) is 11.0 Å². The first kappa shape index (κ1) is 21.9. The molecule has 0 fully saturated rings. The molecule has 2 N–H and O–H groups in total. The van der Waals surface area contributed by atoms with Gasteiger partial charge in [0, 0.05) is 29.3 Å². The number of fused-ring (bicyclic) bond motifs is 3. The third-order valence-electron chi connectivity index (χ3n) is 5.48. The lowest BCUT2D eigenvalue weighted by Crippen LogP contribution is -2.30. The summed E-state index contributed by atoms with van der Waals surface area (Å²) in [5.74, 6) is -0.113. The second kappa shape index (κ2) is 8.34. The smallest absolute Gasteiger partial charge is 0.383 e. The number of benzene rings is 1. The summed E-state index contributed by atoms with van der Waals surface area (Å²) in [6, 6.07) is 7.13. The molecule has 1 aliphatic rings. The largest absolute Gasteiger partial charge is 0.417 e. The normalized spacial score (nSPS) is 15.7. The highest BCUT2D eigenvalue weighted by Gasteiger charge is 2.31. The van der Waals surface area contributed by atoms with Crippen LogP contribution < -0.4 is 5.73 Å². The standard InChI is InChI=1S/C22H20F4N4O2/c1-2-30(10-14-5-4-13(9-28-14)22(24,25)26)21(31)12-3-6-17-15(7-12)16-11-32-18(8-23)19(16)20(27)29-17/h3-7,9,18H,2,8,10-11H2,1H3,(H2,27,29)/t18-/m0/s1. The van der Waals surface area contributed by atoms with Crippen molar-refractivity contribution in [1.29, 1.82) is 0 Å². The van der Waals surface area contributed by atoms with E-state index in [4.69, 9.17) is 10.5 Å².